The van der Waals surface area contributed by atoms with Crippen LogP contribution in [0.5, 0.6) is 0 Å². The quantitative estimate of drug-likeness (QED) is 0.814. The molecule has 0 atom stereocenters. The molecule has 1 aromatic rings. The van der Waals surface area contributed by atoms with Crippen LogP contribution in [0.25, 0.3) is 0 Å². The number of rotatable bonds is 5. The van der Waals surface area contributed by atoms with Crippen LogP contribution in [-0.4, -0.2) is 26.3 Å². The molecule has 0 amide bonds. The summed E-state index contributed by atoms with van der Waals surface area (Å²) >= 11 is 0. The summed E-state index contributed by atoms with van der Waals surface area (Å²) in [6.45, 7) is 6.06. The first-order chi connectivity index (χ1) is 8.24. The average molecular weight is 238 g/mol. The molecular weight excluding hydrogens is 216 g/mol. The van der Waals surface area contributed by atoms with E-state index in [1.165, 1.54) is 0 Å². The molecule has 0 bridgehead atoms. The highest BCUT2D eigenvalue weighted by Gasteiger charge is 2.30. The lowest BCUT2D eigenvalue weighted by Gasteiger charge is -2.36. The third-order valence-corrected chi connectivity index (χ3v) is 3.58. The molecule has 1 aromatic heterocycles. The number of furan rings is 1. The van der Waals surface area contributed by atoms with Crippen molar-refractivity contribution in [1.82, 2.24) is 5.32 Å². The van der Waals surface area contributed by atoms with Crippen molar-refractivity contribution in [1.29, 1.82) is 0 Å². The molecule has 0 aliphatic carbocycles. The third kappa shape index (κ3) is 3.31. The van der Waals surface area contributed by atoms with Crippen molar-refractivity contribution >= 4 is 0 Å². The van der Waals surface area contributed by atoms with E-state index in [9.17, 15) is 0 Å². The van der Waals surface area contributed by atoms with Gasteiger partial charge in [-0.25, -0.2) is 0 Å². The van der Waals surface area contributed by atoms with Crippen molar-refractivity contribution in [2.75, 3.05) is 26.3 Å². The maximum absolute atomic E-state index is 5.90. The van der Waals surface area contributed by atoms with E-state index in [4.69, 9.17) is 14.9 Å². The highest BCUT2D eigenvalue weighted by atomic mass is 16.5. The molecule has 1 fully saturated rings. The molecule has 4 heteroatoms. The van der Waals surface area contributed by atoms with Crippen LogP contribution in [0.3, 0.4) is 0 Å². The summed E-state index contributed by atoms with van der Waals surface area (Å²) in [4.78, 5) is 0. The second-order valence-corrected chi connectivity index (χ2v) is 4.93. The van der Waals surface area contributed by atoms with Crippen LogP contribution in [0.15, 0.2) is 16.5 Å². The maximum atomic E-state index is 5.90. The fourth-order valence-electron chi connectivity index (χ4n) is 2.29. The number of hydrogen-bond donors (Lipinski definition) is 2. The van der Waals surface area contributed by atoms with Gasteiger partial charge in [0.2, 0.25) is 0 Å². The van der Waals surface area contributed by atoms with E-state index in [1.807, 2.05) is 19.1 Å². The zero-order valence-electron chi connectivity index (χ0n) is 10.5. The molecule has 96 valence electrons. The predicted octanol–water partition coefficient (Wildman–Crippen LogP) is 1.43. The highest BCUT2D eigenvalue weighted by molar-refractivity contribution is 5.05. The lowest BCUT2D eigenvalue weighted by atomic mass is 9.80. The van der Waals surface area contributed by atoms with E-state index in [0.29, 0.717) is 0 Å². The van der Waals surface area contributed by atoms with Crippen LogP contribution in [0.2, 0.25) is 0 Å². The van der Waals surface area contributed by atoms with Gasteiger partial charge in [0.15, 0.2) is 0 Å². The Kier molecular flexibility index (Phi) is 4.20. The highest BCUT2D eigenvalue weighted by Crippen LogP contribution is 2.28. The van der Waals surface area contributed by atoms with E-state index in [0.717, 1.165) is 57.2 Å². The molecule has 3 N–H and O–H groups in total. The summed E-state index contributed by atoms with van der Waals surface area (Å²) in [6, 6.07) is 4.01. The van der Waals surface area contributed by atoms with Crippen molar-refractivity contribution in [2.24, 2.45) is 11.1 Å². The zero-order chi connectivity index (χ0) is 12.1. The van der Waals surface area contributed by atoms with Crippen LogP contribution < -0.4 is 11.1 Å². The number of hydrogen-bond acceptors (Lipinski definition) is 4. The van der Waals surface area contributed by atoms with Crippen molar-refractivity contribution in [3.05, 3.63) is 23.7 Å². The summed E-state index contributed by atoms with van der Waals surface area (Å²) in [7, 11) is 0. The van der Waals surface area contributed by atoms with Crippen molar-refractivity contribution in [3.8, 4) is 0 Å². The largest absolute Gasteiger partial charge is 0.465 e. The molecule has 1 aliphatic heterocycles. The Bertz CT molecular complexity index is 343. The fourth-order valence-corrected chi connectivity index (χ4v) is 2.29. The Morgan fingerprint density at radius 1 is 1.35 bits per heavy atom. The molecule has 0 radical (unpaired) electrons. The van der Waals surface area contributed by atoms with Gasteiger partial charge in [0, 0.05) is 19.8 Å². The Labute approximate surface area is 103 Å². The molecule has 4 nitrogen and oxygen atoms in total. The van der Waals surface area contributed by atoms with Crippen molar-refractivity contribution < 1.29 is 9.15 Å². The normalized spacial score (nSPS) is 19.4. The average Bonchev–Trinajstić information content (AvgIpc) is 2.76. The summed E-state index contributed by atoms with van der Waals surface area (Å²) in [5.74, 6) is 1.95. The molecule has 1 aliphatic rings. The van der Waals surface area contributed by atoms with Gasteiger partial charge < -0.3 is 20.2 Å². The van der Waals surface area contributed by atoms with Gasteiger partial charge in [-0.1, -0.05) is 0 Å². The zero-order valence-corrected chi connectivity index (χ0v) is 10.5. The Balaban J connectivity index is 1.79. The van der Waals surface area contributed by atoms with Gasteiger partial charge in [0.05, 0.1) is 6.54 Å². The second kappa shape index (κ2) is 5.67. The van der Waals surface area contributed by atoms with Gasteiger partial charge in [0.1, 0.15) is 11.5 Å². The third-order valence-electron chi connectivity index (χ3n) is 3.58. The second-order valence-electron chi connectivity index (χ2n) is 4.93. The topological polar surface area (TPSA) is 60.4 Å². The molecule has 2 heterocycles. The Morgan fingerprint density at radius 3 is 2.71 bits per heavy atom. The van der Waals surface area contributed by atoms with E-state index < -0.39 is 0 Å². The number of ether oxygens (including phenoxy) is 1. The number of nitrogens with two attached hydrogens (primary N) is 1. The minimum atomic E-state index is 0.208. The minimum absolute atomic E-state index is 0.208. The van der Waals surface area contributed by atoms with Gasteiger partial charge in [0.25, 0.3) is 0 Å². The molecule has 0 unspecified atom stereocenters. The number of nitrogens with one attached hydrogen (secondary N) is 1. The summed E-state index contributed by atoms with van der Waals surface area (Å²) in [6.07, 6.45) is 2.10. The van der Waals surface area contributed by atoms with Gasteiger partial charge in [-0.3, -0.25) is 0 Å². The van der Waals surface area contributed by atoms with Crippen LogP contribution in [0, 0.1) is 12.3 Å². The smallest absolute Gasteiger partial charge is 0.117 e. The predicted molar refractivity (Wildman–Crippen MR) is 66.7 cm³/mol. The Hall–Kier alpha value is -0.840. The standard InChI is InChI=1S/C13H22N2O2/c1-11-2-3-12(17-11)8-15-10-13(9-14)4-6-16-7-5-13/h2-3,15H,4-10,14H2,1H3. The van der Waals surface area contributed by atoms with E-state index >= 15 is 0 Å². The molecule has 0 saturated carbocycles. The van der Waals surface area contributed by atoms with Crippen molar-refractivity contribution in [2.45, 2.75) is 26.3 Å². The van der Waals surface area contributed by atoms with E-state index in [1.54, 1.807) is 0 Å². The molecule has 0 aromatic carbocycles. The van der Waals surface area contributed by atoms with Crippen LogP contribution in [-0.2, 0) is 11.3 Å². The minimum Gasteiger partial charge on any atom is -0.465 e. The van der Waals surface area contributed by atoms with Gasteiger partial charge >= 0.3 is 0 Å². The molecular formula is C13H22N2O2. The summed E-state index contributed by atoms with van der Waals surface area (Å²) < 4.78 is 10.9. The van der Waals surface area contributed by atoms with Gasteiger partial charge in [-0.2, -0.15) is 0 Å². The first kappa shape index (κ1) is 12.6. The SMILES string of the molecule is Cc1ccc(CNCC2(CN)CCOCC2)o1. The fraction of sp³-hybridized carbons (Fsp3) is 0.692. The van der Waals surface area contributed by atoms with Crippen LogP contribution in [0.1, 0.15) is 24.4 Å². The molecule has 0 spiro atoms. The maximum Gasteiger partial charge on any atom is 0.117 e. The van der Waals surface area contributed by atoms with Gasteiger partial charge in [-0.15, -0.1) is 0 Å². The summed E-state index contributed by atoms with van der Waals surface area (Å²) in [5, 5.41) is 3.45. The van der Waals surface area contributed by atoms with Gasteiger partial charge in [-0.05, 0) is 43.9 Å². The Morgan fingerprint density at radius 2 is 2.12 bits per heavy atom. The molecule has 2 rings (SSSR count). The molecule has 1 saturated heterocycles. The lowest BCUT2D eigenvalue weighted by Crippen LogP contribution is -2.44. The summed E-state index contributed by atoms with van der Waals surface area (Å²) in [5.41, 5.74) is 6.11. The van der Waals surface area contributed by atoms with Crippen LogP contribution >= 0.6 is 0 Å². The monoisotopic (exact) mass is 238 g/mol. The first-order valence-corrected chi connectivity index (χ1v) is 6.28. The van der Waals surface area contributed by atoms with Crippen LogP contribution in [0.4, 0.5) is 0 Å². The molecule has 17 heavy (non-hydrogen) atoms. The first-order valence-electron chi connectivity index (χ1n) is 6.28. The van der Waals surface area contributed by atoms with Crippen molar-refractivity contribution in [3.63, 3.8) is 0 Å². The lowest BCUT2D eigenvalue weighted by molar-refractivity contribution is 0.0189. The van der Waals surface area contributed by atoms with E-state index in [2.05, 4.69) is 5.32 Å². The van der Waals surface area contributed by atoms with E-state index in [-0.39, 0.29) is 5.41 Å². The number of aryl methyl sites for hydroxylation is 1.